The van der Waals surface area contributed by atoms with Crippen molar-refractivity contribution in [3.63, 3.8) is 0 Å². The van der Waals surface area contributed by atoms with Crippen LogP contribution in [0.2, 0.25) is 0 Å². The smallest absolute Gasteiger partial charge is 0.317 e. The van der Waals surface area contributed by atoms with Crippen LogP contribution in [0.4, 0.5) is 4.79 Å². The van der Waals surface area contributed by atoms with Gasteiger partial charge >= 0.3 is 12.0 Å². The Kier molecular flexibility index (Phi) is 3.62. The van der Waals surface area contributed by atoms with Gasteiger partial charge in [-0.2, -0.15) is 0 Å². The molecule has 0 radical (unpaired) electrons. The van der Waals surface area contributed by atoms with Crippen LogP contribution in [0.5, 0.6) is 0 Å². The molecule has 1 heterocycles. The Morgan fingerprint density at radius 2 is 2.05 bits per heavy atom. The lowest BCUT2D eigenvalue weighted by atomic mass is 9.76. The predicted molar refractivity (Wildman–Crippen MR) is 78.9 cm³/mol. The van der Waals surface area contributed by atoms with Crippen LogP contribution in [0.15, 0.2) is 0 Å². The zero-order valence-corrected chi connectivity index (χ0v) is 13.0. The van der Waals surface area contributed by atoms with Crippen LogP contribution in [-0.4, -0.2) is 41.1 Å². The largest absolute Gasteiger partial charge is 0.481 e. The molecule has 2 N–H and O–H groups in total. The summed E-state index contributed by atoms with van der Waals surface area (Å²) in [6.45, 7) is 4.76. The molecular weight excluding hydrogens is 268 g/mol. The summed E-state index contributed by atoms with van der Waals surface area (Å²) in [6, 6.07) is 0.256. The number of carbonyl (C=O) groups excluding carboxylic acids is 1. The fourth-order valence-electron chi connectivity index (χ4n) is 4.57. The monoisotopic (exact) mass is 294 g/mol. The quantitative estimate of drug-likeness (QED) is 0.839. The van der Waals surface area contributed by atoms with E-state index in [1.807, 2.05) is 13.8 Å². The molecule has 3 aliphatic rings. The minimum atomic E-state index is -0.772. The average Bonchev–Trinajstić information content (AvgIpc) is 3.13. The summed E-state index contributed by atoms with van der Waals surface area (Å²) in [5.41, 5.74) is -0.772. The Morgan fingerprint density at radius 1 is 1.29 bits per heavy atom. The minimum Gasteiger partial charge on any atom is -0.481 e. The molecule has 4 unspecified atom stereocenters. The Bertz CT molecular complexity index is 451. The molecule has 2 amide bonds. The molecule has 2 aliphatic carbocycles. The molecule has 0 aromatic heterocycles. The van der Waals surface area contributed by atoms with Crippen LogP contribution in [0.3, 0.4) is 0 Å². The Hall–Kier alpha value is -1.26. The molecule has 0 aromatic carbocycles. The summed E-state index contributed by atoms with van der Waals surface area (Å²) in [5.74, 6) is 0.714. The van der Waals surface area contributed by atoms with E-state index >= 15 is 0 Å². The van der Waals surface area contributed by atoms with Gasteiger partial charge in [0, 0.05) is 19.1 Å². The third-order valence-corrected chi connectivity index (χ3v) is 6.17. The molecular formula is C16H26N2O3. The summed E-state index contributed by atoms with van der Waals surface area (Å²) >= 11 is 0. The van der Waals surface area contributed by atoms with Crippen LogP contribution in [-0.2, 0) is 4.79 Å². The van der Waals surface area contributed by atoms with E-state index in [-0.39, 0.29) is 11.9 Å². The lowest BCUT2D eigenvalue weighted by Gasteiger charge is -2.30. The van der Waals surface area contributed by atoms with Crippen molar-refractivity contribution in [2.75, 3.05) is 13.1 Å². The maximum absolute atomic E-state index is 12.4. The highest BCUT2D eigenvalue weighted by Gasteiger charge is 2.49. The van der Waals surface area contributed by atoms with E-state index in [1.165, 1.54) is 19.3 Å². The number of carboxylic acid groups (broad SMARTS) is 1. The van der Waals surface area contributed by atoms with Gasteiger partial charge in [-0.15, -0.1) is 0 Å². The topological polar surface area (TPSA) is 69.6 Å². The van der Waals surface area contributed by atoms with Crippen molar-refractivity contribution in [1.82, 2.24) is 10.2 Å². The summed E-state index contributed by atoms with van der Waals surface area (Å²) in [5, 5.41) is 12.7. The van der Waals surface area contributed by atoms with Crippen LogP contribution >= 0.6 is 0 Å². The van der Waals surface area contributed by atoms with Gasteiger partial charge in [-0.3, -0.25) is 4.79 Å². The van der Waals surface area contributed by atoms with Crippen molar-refractivity contribution in [2.24, 2.45) is 23.2 Å². The first kappa shape index (κ1) is 14.7. The molecule has 2 saturated carbocycles. The normalized spacial score (nSPS) is 38.2. The summed E-state index contributed by atoms with van der Waals surface area (Å²) < 4.78 is 0. The molecule has 0 spiro atoms. The second kappa shape index (κ2) is 5.18. The molecule has 3 fully saturated rings. The van der Waals surface area contributed by atoms with Crippen molar-refractivity contribution >= 4 is 12.0 Å². The van der Waals surface area contributed by atoms with E-state index in [0.717, 1.165) is 12.3 Å². The number of carboxylic acids is 1. The van der Waals surface area contributed by atoms with Gasteiger partial charge in [0.1, 0.15) is 0 Å². The fraction of sp³-hybridized carbons (Fsp3) is 0.875. The van der Waals surface area contributed by atoms with Gasteiger partial charge in [0.25, 0.3) is 0 Å². The van der Waals surface area contributed by atoms with E-state index in [2.05, 4.69) is 5.32 Å². The minimum absolute atomic E-state index is 0.0373. The Morgan fingerprint density at radius 3 is 2.52 bits per heavy atom. The maximum atomic E-state index is 12.4. The number of amides is 2. The van der Waals surface area contributed by atoms with Crippen molar-refractivity contribution in [3.8, 4) is 0 Å². The number of rotatable bonds is 3. The highest BCUT2D eigenvalue weighted by molar-refractivity contribution is 5.80. The van der Waals surface area contributed by atoms with Gasteiger partial charge in [0.15, 0.2) is 0 Å². The zero-order chi connectivity index (χ0) is 15.2. The van der Waals surface area contributed by atoms with Crippen molar-refractivity contribution in [3.05, 3.63) is 0 Å². The summed E-state index contributed by atoms with van der Waals surface area (Å²) in [6.07, 6.45) is 5.48. The molecule has 118 valence electrons. The molecule has 1 saturated heterocycles. The molecule has 5 heteroatoms. The van der Waals surface area contributed by atoms with Crippen LogP contribution < -0.4 is 5.32 Å². The number of hydrogen-bond donors (Lipinski definition) is 2. The fourth-order valence-corrected chi connectivity index (χ4v) is 4.57. The second-order valence-electron chi connectivity index (χ2n) is 7.52. The van der Waals surface area contributed by atoms with Gasteiger partial charge in [-0.1, -0.05) is 20.3 Å². The second-order valence-corrected chi connectivity index (χ2v) is 7.52. The number of aliphatic carboxylic acids is 1. The first-order valence-corrected chi connectivity index (χ1v) is 8.21. The first-order valence-electron chi connectivity index (χ1n) is 8.21. The van der Waals surface area contributed by atoms with Gasteiger partial charge in [-0.25, -0.2) is 4.79 Å². The van der Waals surface area contributed by atoms with Crippen molar-refractivity contribution < 1.29 is 14.7 Å². The molecule has 2 bridgehead atoms. The number of nitrogens with zero attached hydrogens (tertiary/aromatic N) is 1. The van der Waals surface area contributed by atoms with Crippen molar-refractivity contribution in [1.29, 1.82) is 0 Å². The Balaban J connectivity index is 1.60. The lowest BCUT2D eigenvalue weighted by molar-refractivity contribution is -0.150. The maximum Gasteiger partial charge on any atom is 0.317 e. The number of carbonyl (C=O) groups is 2. The summed E-state index contributed by atoms with van der Waals surface area (Å²) in [4.78, 5) is 25.8. The van der Waals surface area contributed by atoms with Gasteiger partial charge in [0.05, 0.1) is 5.41 Å². The van der Waals surface area contributed by atoms with E-state index in [9.17, 15) is 14.7 Å². The SMILES string of the molecule is CC(C)C1(C(=O)O)CCN(C(=O)NC2CC3CCC2C3)C1. The average molecular weight is 294 g/mol. The standard InChI is InChI=1S/C16H26N2O3/c1-10(2)16(14(19)20)5-6-18(9-16)15(21)17-13-8-11-3-4-12(13)7-11/h10-13H,3-9H2,1-2H3,(H,17,21)(H,19,20). The molecule has 0 aromatic rings. The predicted octanol–water partition coefficient (Wildman–Crippen LogP) is 2.32. The van der Waals surface area contributed by atoms with Gasteiger partial charge in [-0.05, 0) is 43.4 Å². The number of nitrogens with one attached hydrogen (secondary N) is 1. The molecule has 1 aliphatic heterocycles. The van der Waals surface area contributed by atoms with Gasteiger partial charge < -0.3 is 15.3 Å². The van der Waals surface area contributed by atoms with Crippen LogP contribution in [0.1, 0.15) is 46.0 Å². The number of urea groups is 1. The molecule has 21 heavy (non-hydrogen) atoms. The molecule has 3 rings (SSSR count). The van der Waals surface area contributed by atoms with Gasteiger partial charge in [0.2, 0.25) is 0 Å². The van der Waals surface area contributed by atoms with E-state index < -0.39 is 11.4 Å². The van der Waals surface area contributed by atoms with E-state index in [4.69, 9.17) is 0 Å². The van der Waals surface area contributed by atoms with Crippen molar-refractivity contribution in [2.45, 2.75) is 52.0 Å². The van der Waals surface area contributed by atoms with Crippen LogP contribution in [0.25, 0.3) is 0 Å². The molecule has 4 atom stereocenters. The first-order chi connectivity index (χ1) is 9.92. The van der Waals surface area contributed by atoms with E-state index in [1.54, 1.807) is 4.90 Å². The van der Waals surface area contributed by atoms with E-state index in [0.29, 0.717) is 31.5 Å². The highest BCUT2D eigenvalue weighted by atomic mass is 16.4. The zero-order valence-electron chi connectivity index (χ0n) is 13.0. The lowest BCUT2D eigenvalue weighted by Crippen LogP contribution is -2.47. The number of hydrogen-bond acceptors (Lipinski definition) is 2. The number of likely N-dealkylation sites (tertiary alicyclic amines) is 1. The van der Waals surface area contributed by atoms with Crippen LogP contribution in [0, 0.1) is 23.2 Å². The Labute approximate surface area is 126 Å². The molecule has 5 nitrogen and oxygen atoms in total. The third-order valence-electron chi connectivity index (χ3n) is 6.17. The highest BCUT2D eigenvalue weighted by Crippen LogP contribution is 2.44. The third kappa shape index (κ3) is 2.40. The number of fused-ring (bicyclic) bond motifs is 2. The summed E-state index contributed by atoms with van der Waals surface area (Å²) in [7, 11) is 0.